The summed E-state index contributed by atoms with van der Waals surface area (Å²) in [5.74, 6) is -5.65. The SMILES string of the molecule is O=C(CCSc1ccc(F)c(F)c1)NCC(F)(F)CO. The molecule has 3 nitrogen and oxygen atoms in total. The zero-order valence-corrected chi connectivity index (χ0v) is 11.2. The first-order chi connectivity index (χ1) is 9.34. The molecule has 1 amide bonds. The van der Waals surface area contributed by atoms with Gasteiger partial charge in [-0.05, 0) is 18.2 Å². The van der Waals surface area contributed by atoms with Crippen molar-refractivity contribution in [3.05, 3.63) is 29.8 Å². The summed E-state index contributed by atoms with van der Waals surface area (Å²) >= 11 is 1.11. The molecule has 0 saturated heterocycles. The van der Waals surface area contributed by atoms with Crippen LogP contribution in [-0.2, 0) is 4.79 Å². The highest BCUT2D eigenvalue weighted by Crippen LogP contribution is 2.21. The maximum Gasteiger partial charge on any atom is 0.287 e. The summed E-state index contributed by atoms with van der Waals surface area (Å²) in [6.07, 6.45) is -0.0504. The van der Waals surface area contributed by atoms with Gasteiger partial charge < -0.3 is 10.4 Å². The number of alkyl halides is 2. The van der Waals surface area contributed by atoms with Crippen LogP contribution in [0.2, 0.25) is 0 Å². The standard InChI is InChI=1S/C12H13F4NO2S/c13-9-2-1-8(5-10(9)14)20-4-3-11(19)17-6-12(15,16)7-18/h1-2,5,18H,3-4,6-7H2,(H,17,19). The second-order valence-corrected chi connectivity index (χ2v) is 5.13. The highest BCUT2D eigenvalue weighted by molar-refractivity contribution is 7.99. The van der Waals surface area contributed by atoms with Crippen LogP contribution in [0.1, 0.15) is 6.42 Å². The van der Waals surface area contributed by atoms with Gasteiger partial charge in [-0.2, -0.15) is 0 Å². The van der Waals surface area contributed by atoms with E-state index in [0.717, 1.165) is 23.9 Å². The lowest BCUT2D eigenvalue weighted by molar-refractivity contribution is -0.123. The monoisotopic (exact) mass is 311 g/mol. The highest BCUT2D eigenvalue weighted by atomic mass is 32.2. The van der Waals surface area contributed by atoms with Crippen LogP contribution in [0.15, 0.2) is 23.1 Å². The van der Waals surface area contributed by atoms with Crippen molar-refractivity contribution in [3.8, 4) is 0 Å². The van der Waals surface area contributed by atoms with Gasteiger partial charge in [0.05, 0.1) is 6.54 Å². The zero-order valence-electron chi connectivity index (χ0n) is 10.3. The fourth-order valence-corrected chi connectivity index (χ4v) is 2.07. The number of thioether (sulfide) groups is 1. The van der Waals surface area contributed by atoms with Gasteiger partial charge in [0.25, 0.3) is 5.92 Å². The predicted octanol–water partition coefficient (Wildman–Crippen LogP) is 2.19. The van der Waals surface area contributed by atoms with Crippen LogP contribution < -0.4 is 5.32 Å². The van der Waals surface area contributed by atoms with Crippen molar-refractivity contribution in [2.45, 2.75) is 17.2 Å². The molecular weight excluding hydrogens is 298 g/mol. The van der Waals surface area contributed by atoms with Crippen LogP contribution in [0.5, 0.6) is 0 Å². The topological polar surface area (TPSA) is 49.3 Å². The lowest BCUT2D eigenvalue weighted by atomic mass is 10.3. The Kier molecular flexibility index (Phi) is 6.28. The van der Waals surface area contributed by atoms with Crippen molar-refractivity contribution in [1.29, 1.82) is 0 Å². The van der Waals surface area contributed by atoms with Crippen LogP contribution in [0, 0.1) is 11.6 Å². The number of nitrogens with one attached hydrogen (secondary N) is 1. The molecule has 0 bridgehead atoms. The lowest BCUT2D eigenvalue weighted by Gasteiger charge is -2.13. The normalized spacial score (nSPS) is 11.4. The molecule has 0 unspecified atom stereocenters. The summed E-state index contributed by atoms with van der Waals surface area (Å²) in [6.45, 7) is -2.27. The van der Waals surface area contributed by atoms with Crippen molar-refractivity contribution in [3.63, 3.8) is 0 Å². The summed E-state index contributed by atoms with van der Waals surface area (Å²) in [4.78, 5) is 11.7. The van der Waals surface area contributed by atoms with E-state index in [1.54, 1.807) is 0 Å². The summed E-state index contributed by atoms with van der Waals surface area (Å²) < 4.78 is 50.8. The molecule has 0 aliphatic heterocycles. The van der Waals surface area contributed by atoms with Crippen molar-refractivity contribution >= 4 is 17.7 Å². The van der Waals surface area contributed by atoms with Gasteiger partial charge in [-0.1, -0.05) is 0 Å². The Labute approximate surface area is 117 Å². The number of aliphatic hydroxyl groups excluding tert-OH is 1. The molecule has 20 heavy (non-hydrogen) atoms. The molecule has 0 atom stereocenters. The first-order valence-corrected chi connectivity index (χ1v) is 6.66. The van der Waals surface area contributed by atoms with Gasteiger partial charge in [-0.15, -0.1) is 11.8 Å². The van der Waals surface area contributed by atoms with Crippen LogP contribution >= 0.6 is 11.8 Å². The predicted molar refractivity (Wildman–Crippen MR) is 66.7 cm³/mol. The third-order valence-electron chi connectivity index (χ3n) is 2.26. The molecule has 1 rings (SSSR count). The number of hydrogen-bond acceptors (Lipinski definition) is 3. The van der Waals surface area contributed by atoms with Gasteiger partial charge in [0.1, 0.15) is 6.61 Å². The van der Waals surface area contributed by atoms with Crippen molar-refractivity contribution < 1.29 is 27.5 Å². The average Bonchev–Trinajstić information content (AvgIpc) is 2.41. The molecule has 1 aromatic rings. The number of halogens is 4. The molecule has 0 fully saturated rings. The number of benzene rings is 1. The molecule has 1 aromatic carbocycles. The summed E-state index contributed by atoms with van der Waals surface area (Å²) in [5, 5.41) is 10.3. The average molecular weight is 311 g/mol. The molecule has 2 N–H and O–H groups in total. The van der Waals surface area contributed by atoms with Gasteiger partial charge in [-0.3, -0.25) is 4.79 Å². The molecule has 0 aliphatic carbocycles. The van der Waals surface area contributed by atoms with Gasteiger partial charge in [0.15, 0.2) is 11.6 Å². The number of aliphatic hydroxyl groups is 1. The first-order valence-electron chi connectivity index (χ1n) is 5.67. The Morgan fingerprint density at radius 1 is 1.30 bits per heavy atom. The maximum atomic E-state index is 12.9. The second-order valence-electron chi connectivity index (χ2n) is 3.97. The Bertz CT molecular complexity index is 471. The summed E-state index contributed by atoms with van der Waals surface area (Å²) in [5.41, 5.74) is 0. The Hall–Kier alpha value is -1.28. The molecular formula is C12H13F4NO2S. The lowest BCUT2D eigenvalue weighted by Crippen LogP contribution is -2.39. The fraction of sp³-hybridized carbons (Fsp3) is 0.417. The molecule has 8 heteroatoms. The Morgan fingerprint density at radius 3 is 2.60 bits per heavy atom. The summed E-state index contributed by atoms with van der Waals surface area (Å²) in [6, 6.07) is 3.33. The fourth-order valence-electron chi connectivity index (χ4n) is 1.20. The van der Waals surface area contributed by atoms with Crippen molar-refractivity contribution in [1.82, 2.24) is 5.32 Å². The molecule has 0 spiro atoms. The maximum absolute atomic E-state index is 12.9. The smallest absolute Gasteiger partial charge is 0.287 e. The quantitative estimate of drug-likeness (QED) is 0.599. The second kappa shape index (κ2) is 7.49. The minimum atomic E-state index is -3.34. The van der Waals surface area contributed by atoms with E-state index in [4.69, 9.17) is 5.11 Å². The van der Waals surface area contributed by atoms with Gasteiger partial charge in [-0.25, -0.2) is 17.6 Å². The molecule has 0 aromatic heterocycles. The van der Waals surface area contributed by atoms with Crippen LogP contribution in [0.3, 0.4) is 0 Å². The third-order valence-corrected chi connectivity index (χ3v) is 3.26. The molecule has 112 valence electrons. The van der Waals surface area contributed by atoms with Crippen LogP contribution in [0.25, 0.3) is 0 Å². The van der Waals surface area contributed by atoms with E-state index in [9.17, 15) is 22.4 Å². The van der Waals surface area contributed by atoms with E-state index in [1.165, 1.54) is 6.07 Å². The number of carbonyl (C=O) groups excluding carboxylic acids is 1. The minimum absolute atomic E-state index is 0.0504. The van der Waals surface area contributed by atoms with E-state index >= 15 is 0 Å². The molecule has 0 saturated carbocycles. The Morgan fingerprint density at radius 2 is 2.00 bits per heavy atom. The first kappa shape index (κ1) is 16.8. The molecule has 0 aliphatic rings. The van der Waals surface area contributed by atoms with Crippen molar-refractivity contribution in [2.75, 3.05) is 18.9 Å². The number of amides is 1. The van der Waals surface area contributed by atoms with E-state index in [-0.39, 0.29) is 12.2 Å². The number of carbonyl (C=O) groups is 1. The highest BCUT2D eigenvalue weighted by Gasteiger charge is 2.27. The summed E-state index contributed by atoms with van der Waals surface area (Å²) in [7, 11) is 0. The number of rotatable bonds is 7. The van der Waals surface area contributed by atoms with Crippen LogP contribution in [0.4, 0.5) is 17.6 Å². The van der Waals surface area contributed by atoms with Gasteiger partial charge >= 0.3 is 0 Å². The van der Waals surface area contributed by atoms with Gasteiger partial charge in [0, 0.05) is 17.1 Å². The van der Waals surface area contributed by atoms with Crippen molar-refractivity contribution in [2.24, 2.45) is 0 Å². The van der Waals surface area contributed by atoms with Crippen LogP contribution in [-0.4, -0.2) is 35.8 Å². The number of hydrogen-bond donors (Lipinski definition) is 2. The van der Waals surface area contributed by atoms with E-state index in [1.807, 2.05) is 5.32 Å². The van der Waals surface area contributed by atoms with Gasteiger partial charge in [0.2, 0.25) is 5.91 Å². The zero-order chi connectivity index (χ0) is 15.2. The minimum Gasteiger partial charge on any atom is -0.390 e. The van der Waals surface area contributed by atoms with E-state index in [0.29, 0.717) is 4.90 Å². The Balaban J connectivity index is 2.30. The van der Waals surface area contributed by atoms with E-state index in [2.05, 4.69) is 0 Å². The largest absolute Gasteiger partial charge is 0.390 e. The molecule has 0 radical (unpaired) electrons. The molecule has 0 heterocycles. The van der Waals surface area contributed by atoms with E-state index < -0.39 is 36.6 Å². The third kappa shape index (κ3) is 5.79.